The molecule has 1 aliphatic heterocycles. The predicted molar refractivity (Wildman–Crippen MR) is 195 cm³/mol. The second kappa shape index (κ2) is 10.9. The van der Waals surface area contributed by atoms with Crippen LogP contribution in [0.4, 0.5) is 25.8 Å². The summed E-state index contributed by atoms with van der Waals surface area (Å²) in [6.07, 6.45) is 9.51. The van der Waals surface area contributed by atoms with E-state index in [-0.39, 0.29) is 22.7 Å². The number of carbonyl (C=O) groups is 2. The van der Waals surface area contributed by atoms with Crippen molar-refractivity contribution in [2.24, 2.45) is 0 Å². The second-order valence-electron chi connectivity index (χ2n) is 12.9. The molecule has 0 radical (unpaired) electrons. The van der Waals surface area contributed by atoms with E-state index in [1.807, 2.05) is 60.9 Å². The van der Waals surface area contributed by atoms with Crippen LogP contribution in [0.3, 0.4) is 0 Å². The average molecular weight is 686 g/mol. The first-order valence-electron chi connectivity index (χ1n) is 16.5. The Kier molecular flexibility index (Phi) is 6.32. The van der Waals surface area contributed by atoms with Gasteiger partial charge in [0.15, 0.2) is 23.2 Å². The molecule has 2 aromatic heterocycles. The minimum absolute atomic E-state index is 0.103. The Morgan fingerprint density at radius 3 is 2.10 bits per heavy atom. The van der Waals surface area contributed by atoms with Gasteiger partial charge in [0.1, 0.15) is 0 Å². The maximum Gasteiger partial charge on any atom is 0.197 e. The lowest BCUT2D eigenvalue weighted by molar-refractivity contribution is 0.0990. The summed E-state index contributed by atoms with van der Waals surface area (Å²) in [6.45, 7) is 0. The van der Waals surface area contributed by atoms with Crippen LogP contribution < -0.4 is 10.2 Å². The molecule has 0 saturated heterocycles. The van der Waals surface area contributed by atoms with Gasteiger partial charge >= 0.3 is 0 Å². The second-order valence-corrected chi connectivity index (χ2v) is 14.0. The van der Waals surface area contributed by atoms with E-state index in [4.69, 9.17) is 4.98 Å². The van der Waals surface area contributed by atoms with E-state index in [2.05, 4.69) is 70.9 Å². The first-order valence-corrected chi connectivity index (χ1v) is 17.3. The molecule has 244 valence electrons. The number of carbonyl (C=O) groups excluding carboxylic acids is 2. The van der Waals surface area contributed by atoms with Gasteiger partial charge in [0.25, 0.3) is 0 Å². The van der Waals surface area contributed by atoms with Gasteiger partial charge in [0.05, 0.1) is 22.7 Å². The zero-order valence-electron chi connectivity index (χ0n) is 26.7. The van der Waals surface area contributed by atoms with Crippen LogP contribution in [0, 0.1) is 11.6 Å². The number of ketones is 2. The first kappa shape index (κ1) is 29.6. The minimum atomic E-state index is -1.16. The van der Waals surface area contributed by atoms with Crippen molar-refractivity contribution in [1.29, 1.82) is 0 Å². The fourth-order valence-electron chi connectivity index (χ4n) is 8.25. The number of pyridine rings is 1. The summed E-state index contributed by atoms with van der Waals surface area (Å²) in [5.74, 6) is -3.53. The van der Waals surface area contributed by atoms with Crippen LogP contribution >= 0.6 is 11.3 Å². The third kappa shape index (κ3) is 4.08. The Balaban J connectivity index is 1.20. The number of aromatic nitrogens is 1. The molecule has 2 atom stereocenters. The number of anilines is 3. The van der Waals surface area contributed by atoms with Crippen molar-refractivity contribution in [2.45, 2.75) is 11.5 Å². The summed E-state index contributed by atoms with van der Waals surface area (Å²) in [5, 5.41) is 3.55. The number of fused-ring (bicyclic) bond motifs is 11. The summed E-state index contributed by atoms with van der Waals surface area (Å²) in [5.41, 5.74) is 8.31. The lowest BCUT2D eigenvalue weighted by Crippen LogP contribution is -2.29. The maximum absolute atomic E-state index is 14.1. The standard InChI is InChI=1S/C43H25F2N3O2S/c44-36-22-29-30(23-37(36)45)41(50)31(40(29)49)20-27-21-35-42(51-27)28-16-15-26(48(24-9-3-1-4-10-24)25-11-5-2-6-12-25)19-34(28)43(35)32-13-7-17-46-38(32)39-33(43)14-8-18-47-39/h1-23,38,46H. The summed E-state index contributed by atoms with van der Waals surface area (Å²) in [6, 6.07) is 34.8. The highest BCUT2D eigenvalue weighted by molar-refractivity contribution is 7.16. The monoisotopic (exact) mass is 685 g/mol. The highest BCUT2D eigenvalue weighted by Crippen LogP contribution is 2.65. The van der Waals surface area contributed by atoms with E-state index in [0.717, 1.165) is 67.6 Å². The maximum atomic E-state index is 14.1. The lowest BCUT2D eigenvalue weighted by atomic mass is 9.70. The SMILES string of the molecule is O=C1C(=Cc2cc3c(s2)-c2ccc(N(c4ccccc4)c4ccccc4)cc2C32C3=CC=CNC3c3ncccc32)C(=O)c2cc(F)c(F)cc21. The third-order valence-corrected chi connectivity index (χ3v) is 11.4. The van der Waals surface area contributed by atoms with Crippen LogP contribution in [0.1, 0.15) is 54.0 Å². The molecule has 3 heterocycles. The fraction of sp³-hybridized carbons (Fsp3) is 0.0465. The molecule has 6 aromatic rings. The van der Waals surface area contributed by atoms with E-state index in [1.54, 1.807) is 6.08 Å². The zero-order valence-corrected chi connectivity index (χ0v) is 27.5. The molecule has 1 spiro atoms. The quantitative estimate of drug-likeness (QED) is 0.148. The molecule has 8 heteroatoms. The number of halogens is 2. The number of rotatable bonds is 4. The highest BCUT2D eigenvalue weighted by Gasteiger charge is 2.57. The molecule has 4 aromatic carbocycles. The van der Waals surface area contributed by atoms with Gasteiger partial charge in [0, 0.05) is 44.1 Å². The molecule has 1 N–H and O–H groups in total. The Labute approximate surface area is 295 Å². The molecule has 0 fully saturated rings. The largest absolute Gasteiger partial charge is 0.379 e. The summed E-state index contributed by atoms with van der Waals surface area (Å²) >= 11 is 1.49. The molecule has 5 nitrogen and oxygen atoms in total. The molecule has 2 unspecified atom stereocenters. The normalized spacial score (nSPS) is 18.9. The van der Waals surface area contributed by atoms with Crippen LogP contribution in [-0.4, -0.2) is 16.6 Å². The fourth-order valence-corrected chi connectivity index (χ4v) is 9.45. The van der Waals surface area contributed by atoms with Crippen LogP contribution in [0.25, 0.3) is 16.5 Å². The van der Waals surface area contributed by atoms with Crippen molar-refractivity contribution in [2.75, 3.05) is 4.90 Å². The number of hydrogen-bond donors (Lipinski definition) is 1. The van der Waals surface area contributed by atoms with Crippen molar-refractivity contribution in [3.63, 3.8) is 0 Å². The third-order valence-electron chi connectivity index (χ3n) is 10.3. The number of hydrogen-bond acceptors (Lipinski definition) is 6. The van der Waals surface area contributed by atoms with Gasteiger partial charge in [0.2, 0.25) is 0 Å². The van der Waals surface area contributed by atoms with Gasteiger partial charge in [-0.2, -0.15) is 0 Å². The van der Waals surface area contributed by atoms with Crippen molar-refractivity contribution >= 4 is 46.0 Å². The lowest BCUT2D eigenvalue weighted by Gasteiger charge is -2.33. The number of Topliss-reactive ketones (excluding diaryl/α,β-unsaturated/α-hetero) is 2. The van der Waals surface area contributed by atoms with Crippen molar-refractivity contribution < 1.29 is 18.4 Å². The minimum Gasteiger partial charge on any atom is -0.379 e. The van der Waals surface area contributed by atoms with E-state index >= 15 is 0 Å². The molecule has 51 heavy (non-hydrogen) atoms. The van der Waals surface area contributed by atoms with E-state index in [9.17, 15) is 18.4 Å². The molecule has 0 bridgehead atoms. The summed E-state index contributed by atoms with van der Waals surface area (Å²) in [7, 11) is 0. The van der Waals surface area contributed by atoms with Crippen molar-refractivity contribution in [1.82, 2.24) is 10.3 Å². The van der Waals surface area contributed by atoms with Crippen molar-refractivity contribution in [3.05, 3.63) is 195 Å². The van der Waals surface area contributed by atoms with Gasteiger partial charge in [-0.15, -0.1) is 11.3 Å². The van der Waals surface area contributed by atoms with Gasteiger partial charge < -0.3 is 10.2 Å². The number of para-hydroxylation sites is 2. The number of dihydropyridines is 1. The van der Waals surface area contributed by atoms with Gasteiger partial charge in [-0.25, -0.2) is 8.78 Å². The number of thiophene rings is 1. The summed E-state index contributed by atoms with van der Waals surface area (Å²) < 4.78 is 28.2. The van der Waals surface area contributed by atoms with Crippen LogP contribution in [0.5, 0.6) is 0 Å². The Bertz CT molecular complexity index is 2510. The summed E-state index contributed by atoms with van der Waals surface area (Å²) in [4.78, 5) is 35.6. The number of allylic oxidation sites excluding steroid dienone is 3. The molecular formula is C43H25F2N3O2S. The van der Waals surface area contributed by atoms with Crippen molar-refractivity contribution in [3.8, 4) is 10.4 Å². The topological polar surface area (TPSA) is 62.3 Å². The first-order chi connectivity index (χ1) is 24.9. The molecular weight excluding hydrogens is 661 g/mol. The van der Waals surface area contributed by atoms with Gasteiger partial charge in [-0.05, 0) is 107 Å². The highest BCUT2D eigenvalue weighted by atomic mass is 32.1. The zero-order chi connectivity index (χ0) is 34.4. The number of benzene rings is 4. The van der Waals surface area contributed by atoms with Gasteiger partial charge in [-0.1, -0.05) is 54.6 Å². The van der Waals surface area contributed by atoms with Crippen LogP contribution in [0.2, 0.25) is 0 Å². The Hall–Kier alpha value is -6.25. The van der Waals surface area contributed by atoms with E-state index in [1.165, 1.54) is 11.3 Å². The smallest absolute Gasteiger partial charge is 0.197 e. The number of nitrogens with zero attached hydrogens (tertiary/aromatic N) is 2. The molecule has 10 rings (SSSR count). The molecule has 4 aliphatic rings. The predicted octanol–water partition coefficient (Wildman–Crippen LogP) is 9.77. The van der Waals surface area contributed by atoms with Crippen LogP contribution in [-0.2, 0) is 5.41 Å². The Morgan fingerprint density at radius 2 is 1.41 bits per heavy atom. The molecule has 0 saturated carbocycles. The van der Waals surface area contributed by atoms with Gasteiger partial charge in [-0.3, -0.25) is 14.6 Å². The molecule has 3 aliphatic carbocycles. The van der Waals surface area contributed by atoms with Crippen LogP contribution in [0.15, 0.2) is 145 Å². The van der Waals surface area contributed by atoms with E-state index < -0.39 is 28.6 Å². The Morgan fingerprint density at radius 1 is 0.725 bits per heavy atom. The average Bonchev–Trinajstić information content (AvgIpc) is 3.85. The molecule has 0 amide bonds. The number of nitrogens with one attached hydrogen (secondary N) is 1. The van der Waals surface area contributed by atoms with E-state index in [0.29, 0.717) is 4.88 Å².